The Morgan fingerprint density at radius 1 is 1.07 bits per heavy atom. The van der Waals surface area contributed by atoms with E-state index in [1.54, 1.807) is 21.3 Å². The maximum absolute atomic E-state index is 6.33. The highest BCUT2D eigenvalue weighted by Gasteiger charge is 2.36. The lowest BCUT2D eigenvalue weighted by Gasteiger charge is -2.23. The molecular weight excluding hydrogens is 198 g/mol. The molecule has 0 unspecified atom stereocenters. The van der Waals surface area contributed by atoms with E-state index in [0.717, 1.165) is 18.9 Å². The van der Waals surface area contributed by atoms with Gasteiger partial charge in [0.1, 0.15) is 0 Å². The van der Waals surface area contributed by atoms with E-state index < -0.39 is 8.80 Å². The molecule has 14 heavy (non-hydrogen) atoms. The van der Waals surface area contributed by atoms with Crippen molar-refractivity contribution in [3.05, 3.63) is 0 Å². The molecule has 0 aromatic carbocycles. The zero-order valence-corrected chi connectivity index (χ0v) is 10.9. The van der Waals surface area contributed by atoms with E-state index in [1.165, 1.54) is 6.21 Å². The molecule has 0 heterocycles. The van der Waals surface area contributed by atoms with Crippen molar-refractivity contribution >= 4 is 15.0 Å². The molecule has 0 aliphatic rings. The van der Waals surface area contributed by atoms with Crippen molar-refractivity contribution < 1.29 is 13.3 Å². The summed E-state index contributed by atoms with van der Waals surface area (Å²) in [5.41, 5.74) is 0. The third-order valence-electron chi connectivity index (χ3n) is 1.69. The number of nitrogens with one attached hydrogen (secondary N) is 1. The van der Waals surface area contributed by atoms with E-state index in [0.29, 0.717) is 0 Å². The first-order valence-corrected chi connectivity index (χ1v) is 6.73. The number of hydrogen-bond acceptors (Lipinski definition) is 4. The Bertz CT molecular complexity index is 121. The maximum atomic E-state index is 6.33. The van der Waals surface area contributed by atoms with Crippen LogP contribution in [-0.2, 0) is 13.3 Å². The Labute approximate surface area is 88.4 Å². The molecule has 0 aliphatic heterocycles. The van der Waals surface area contributed by atoms with Gasteiger partial charge in [0.05, 0.1) is 0 Å². The molecule has 0 saturated carbocycles. The minimum absolute atomic E-state index is 0.861. The lowest BCUT2D eigenvalue weighted by Crippen LogP contribution is -2.42. The van der Waals surface area contributed by atoms with Gasteiger partial charge in [-0.05, 0) is 12.6 Å². The smallest absolute Gasteiger partial charge is 0.377 e. The van der Waals surface area contributed by atoms with E-state index in [-0.39, 0.29) is 0 Å². The minimum Gasteiger partial charge on any atom is -0.377 e. The van der Waals surface area contributed by atoms with Crippen LogP contribution < -0.4 is 0 Å². The zero-order valence-electron chi connectivity index (χ0n) is 9.92. The van der Waals surface area contributed by atoms with Crippen molar-refractivity contribution in [2.24, 2.45) is 0 Å². The lowest BCUT2D eigenvalue weighted by atomic mass is 10.6. The van der Waals surface area contributed by atoms with Gasteiger partial charge < -0.3 is 18.7 Å². The summed E-state index contributed by atoms with van der Waals surface area (Å²) in [6.07, 6.45) is 3.27. The Morgan fingerprint density at radius 2 is 1.43 bits per heavy atom. The molecule has 1 N–H and O–H groups in total. The molecule has 0 spiro atoms. The Morgan fingerprint density at radius 3 is 1.50 bits per heavy atom. The number of rotatable bonds is 6. The van der Waals surface area contributed by atoms with Crippen molar-refractivity contribution in [2.75, 3.05) is 21.3 Å². The number of hydrogen-bond donors (Lipinski definition) is 1. The summed E-state index contributed by atoms with van der Waals surface area (Å²) in [7, 11) is 2.68. The van der Waals surface area contributed by atoms with Crippen LogP contribution in [0.4, 0.5) is 0 Å². The van der Waals surface area contributed by atoms with Gasteiger partial charge in [-0.2, -0.15) is 0 Å². The molecule has 0 radical (unpaired) electrons. The van der Waals surface area contributed by atoms with E-state index in [2.05, 4.69) is 6.92 Å². The second-order valence-electron chi connectivity index (χ2n) is 2.66. The van der Waals surface area contributed by atoms with Gasteiger partial charge in [0.15, 0.2) is 0 Å². The van der Waals surface area contributed by atoms with Gasteiger partial charge in [-0.1, -0.05) is 20.3 Å². The van der Waals surface area contributed by atoms with E-state index in [1.807, 2.05) is 6.92 Å². The van der Waals surface area contributed by atoms with Crippen LogP contribution in [-0.4, -0.2) is 36.3 Å². The van der Waals surface area contributed by atoms with E-state index in [9.17, 15) is 0 Å². The summed E-state index contributed by atoms with van der Waals surface area (Å²) < 4.78 is 15.5. The first-order valence-electron chi connectivity index (χ1n) is 4.80. The Kier molecular flexibility index (Phi) is 12.6. The summed E-state index contributed by atoms with van der Waals surface area (Å²) in [6.45, 7) is 4.02. The van der Waals surface area contributed by atoms with Gasteiger partial charge in [-0.3, -0.25) is 0 Å². The van der Waals surface area contributed by atoms with Gasteiger partial charge >= 0.3 is 8.80 Å². The lowest BCUT2D eigenvalue weighted by molar-refractivity contribution is 0.123. The van der Waals surface area contributed by atoms with Gasteiger partial charge in [0, 0.05) is 27.4 Å². The summed E-state index contributed by atoms with van der Waals surface area (Å²) in [6, 6.07) is 0.885. The Balaban J connectivity index is 0. The molecule has 0 fully saturated rings. The SMILES string of the molecule is CCC=N.CCC[Si](OC)(OC)OC. The quantitative estimate of drug-likeness (QED) is 0.553. The van der Waals surface area contributed by atoms with Crippen LogP contribution in [0, 0.1) is 5.41 Å². The molecular formula is C9H23NO3Si. The molecule has 0 aromatic rings. The molecule has 0 rings (SSSR count). The summed E-state index contributed by atoms with van der Waals surface area (Å²) in [5, 5.41) is 6.33. The van der Waals surface area contributed by atoms with Crippen LogP contribution >= 0.6 is 0 Å². The minimum atomic E-state index is -2.22. The van der Waals surface area contributed by atoms with Crippen LogP contribution in [0.1, 0.15) is 26.7 Å². The van der Waals surface area contributed by atoms with Gasteiger partial charge in [-0.25, -0.2) is 0 Å². The van der Waals surface area contributed by atoms with Crippen molar-refractivity contribution in [2.45, 2.75) is 32.7 Å². The highest BCUT2D eigenvalue weighted by Crippen LogP contribution is 2.13. The third-order valence-corrected chi connectivity index (χ3v) is 4.67. The van der Waals surface area contributed by atoms with Crippen LogP contribution in [0.5, 0.6) is 0 Å². The monoisotopic (exact) mass is 221 g/mol. The second kappa shape index (κ2) is 10.8. The fourth-order valence-electron chi connectivity index (χ4n) is 0.862. The summed E-state index contributed by atoms with van der Waals surface area (Å²) in [4.78, 5) is 0. The van der Waals surface area contributed by atoms with Crippen molar-refractivity contribution in [1.29, 1.82) is 5.41 Å². The fraction of sp³-hybridized carbons (Fsp3) is 0.889. The fourth-order valence-corrected chi connectivity index (χ4v) is 2.59. The van der Waals surface area contributed by atoms with Crippen LogP contribution in [0.25, 0.3) is 0 Å². The van der Waals surface area contributed by atoms with Crippen molar-refractivity contribution in [3.8, 4) is 0 Å². The predicted molar refractivity (Wildman–Crippen MR) is 61.0 cm³/mol. The molecule has 0 bridgehead atoms. The topological polar surface area (TPSA) is 51.5 Å². The van der Waals surface area contributed by atoms with Gasteiger partial charge in [0.25, 0.3) is 0 Å². The third kappa shape index (κ3) is 7.20. The van der Waals surface area contributed by atoms with E-state index >= 15 is 0 Å². The summed E-state index contributed by atoms with van der Waals surface area (Å²) in [5.74, 6) is 0. The van der Waals surface area contributed by atoms with E-state index in [4.69, 9.17) is 18.7 Å². The van der Waals surface area contributed by atoms with Crippen molar-refractivity contribution in [1.82, 2.24) is 0 Å². The highest BCUT2D eigenvalue weighted by molar-refractivity contribution is 6.60. The molecule has 0 saturated heterocycles. The molecule has 0 aromatic heterocycles. The molecule has 4 nitrogen and oxygen atoms in total. The van der Waals surface area contributed by atoms with Gasteiger partial charge in [0.2, 0.25) is 0 Å². The average Bonchev–Trinajstić information content (AvgIpc) is 2.26. The Hall–Kier alpha value is -0.233. The molecule has 0 amide bonds. The normalized spacial score (nSPS) is 10.4. The molecule has 0 atom stereocenters. The van der Waals surface area contributed by atoms with Gasteiger partial charge in [-0.15, -0.1) is 0 Å². The standard InChI is InChI=1S/C6H16O3Si.C3H7N/c1-5-6-10(7-2,8-3)9-4;1-2-3-4/h5-6H2,1-4H3;3-4H,2H2,1H3. The molecule has 0 aliphatic carbocycles. The highest BCUT2D eigenvalue weighted by atomic mass is 28.4. The predicted octanol–water partition coefficient (Wildman–Crippen LogP) is 2.32. The largest absolute Gasteiger partial charge is 0.500 e. The molecule has 5 heteroatoms. The zero-order chi connectivity index (χ0) is 11.4. The van der Waals surface area contributed by atoms with Crippen LogP contribution in [0.2, 0.25) is 6.04 Å². The maximum Gasteiger partial charge on any atom is 0.500 e. The van der Waals surface area contributed by atoms with Crippen molar-refractivity contribution in [3.63, 3.8) is 0 Å². The second-order valence-corrected chi connectivity index (χ2v) is 5.75. The van der Waals surface area contributed by atoms with Crippen LogP contribution in [0.15, 0.2) is 0 Å². The summed E-state index contributed by atoms with van der Waals surface area (Å²) >= 11 is 0. The molecule has 86 valence electrons. The first-order chi connectivity index (χ1) is 6.66. The average molecular weight is 221 g/mol. The van der Waals surface area contributed by atoms with Crippen LogP contribution in [0.3, 0.4) is 0 Å². The first kappa shape index (κ1) is 16.2.